The Balaban J connectivity index is 1.56. The molecule has 0 radical (unpaired) electrons. The van der Waals surface area contributed by atoms with Crippen molar-refractivity contribution in [3.63, 3.8) is 0 Å². The number of piperidine rings is 1. The van der Waals surface area contributed by atoms with E-state index in [0.717, 1.165) is 43.9 Å². The maximum Gasteiger partial charge on any atom is 0.252 e. The van der Waals surface area contributed by atoms with Crippen molar-refractivity contribution in [2.45, 2.75) is 44.0 Å². The minimum Gasteiger partial charge on any atom is -0.496 e. The van der Waals surface area contributed by atoms with Gasteiger partial charge in [-0.3, -0.25) is 4.90 Å². The largest absolute Gasteiger partial charge is 0.496 e. The molecule has 2 aromatic heterocycles. The van der Waals surface area contributed by atoms with Crippen LogP contribution in [0.25, 0.3) is 5.78 Å². The average molecular weight is 429 g/mol. The molecule has 0 spiro atoms. The molecular weight excluding hydrogens is 400 g/mol. The van der Waals surface area contributed by atoms with E-state index < -0.39 is 0 Å². The fourth-order valence-corrected chi connectivity index (χ4v) is 4.50. The minimum atomic E-state index is -0.0512. The van der Waals surface area contributed by atoms with Gasteiger partial charge >= 0.3 is 0 Å². The van der Waals surface area contributed by atoms with Gasteiger partial charge in [0.2, 0.25) is 0 Å². The molecule has 0 N–H and O–H groups in total. The molecule has 1 aromatic carbocycles. The third-order valence-electron chi connectivity index (χ3n) is 5.63. The molecular formula is C21H29N5OP2. The average Bonchev–Trinajstić information content (AvgIpc) is 3.15. The third kappa shape index (κ3) is 4.45. The predicted molar refractivity (Wildman–Crippen MR) is 123 cm³/mol. The molecule has 1 aliphatic rings. The second kappa shape index (κ2) is 8.26. The Labute approximate surface area is 176 Å². The number of benzene rings is 1. The van der Waals surface area contributed by atoms with Crippen molar-refractivity contribution < 1.29 is 4.74 Å². The summed E-state index contributed by atoms with van der Waals surface area (Å²) in [7, 11) is 7.49. The number of ether oxygens (including phenoxy) is 1. The van der Waals surface area contributed by atoms with Crippen LogP contribution in [0.3, 0.4) is 0 Å². The summed E-state index contributed by atoms with van der Waals surface area (Å²) in [6.45, 7) is 7.16. The lowest BCUT2D eigenvalue weighted by Gasteiger charge is -2.33. The summed E-state index contributed by atoms with van der Waals surface area (Å²) >= 11 is 0. The van der Waals surface area contributed by atoms with Gasteiger partial charge in [-0.2, -0.15) is 10.1 Å². The van der Waals surface area contributed by atoms with E-state index in [1.54, 1.807) is 13.4 Å². The molecule has 3 unspecified atom stereocenters. The number of rotatable bonds is 5. The van der Waals surface area contributed by atoms with Crippen molar-refractivity contribution in [2.24, 2.45) is 0 Å². The maximum atomic E-state index is 5.72. The van der Waals surface area contributed by atoms with Crippen LogP contribution < -0.4 is 4.74 Å². The molecule has 1 fully saturated rings. The third-order valence-corrected chi connectivity index (χ3v) is 6.30. The van der Waals surface area contributed by atoms with Crippen molar-refractivity contribution in [3.05, 3.63) is 53.1 Å². The van der Waals surface area contributed by atoms with Gasteiger partial charge in [0.05, 0.1) is 12.8 Å². The van der Waals surface area contributed by atoms with Crippen molar-refractivity contribution in [2.75, 3.05) is 20.2 Å². The number of aryl methyl sites for hydroxylation is 1. The van der Waals surface area contributed by atoms with Gasteiger partial charge in [0, 0.05) is 35.2 Å². The van der Waals surface area contributed by atoms with E-state index in [-0.39, 0.29) is 4.90 Å². The summed E-state index contributed by atoms with van der Waals surface area (Å²) in [4.78, 5) is 11.2. The Kier molecular flexibility index (Phi) is 5.88. The first-order valence-electron chi connectivity index (χ1n) is 10.00. The standard InChI is InChI=1S/C21H29N5OP2/c1-14-9-18(26-20(24-14)22-13-23-26)15-5-4-8-25(11-15)12-16-6-7-17(21(2,28)29)10-19(16)27-3/h6-7,9-10,13,15H,4-5,8,11-12,28-29H2,1-3H3. The molecule has 0 aliphatic carbocycles. The Hall–Kier alpha value is -1.61. The first-order valence-corrected chi connectivity index (χ1v) is 11.2. The van der Waals surface area contributed by atoms with Crippen molar-refractivity contribution in [1.82, 2.24) is 24.5 Å². The molecule has 1 saturated heterocycles. The van der Waals surface area contributed by atoms with Crippen LogP contribution in [0.4, 0.5) is 0 Å². The number of methoxy groups -OCH3 is 1. The quantitative estimate of drug-likeness (QED) is 0.579. The monoisotopic (exact) mass is 429 g/mol. The van der Waals surface area contributed by atoms with Gasteiger partial charge in [-0.25, -0.2) is 9.50 Å². The van der Waals surface area contributed by atoms with Crippen LogP contribution in [-0.4, -0.2) is 44.7 Å². The van der Waals surface area contributed by atoms with Gasteiger partial charge in [-0.1, -0.05) is 12.1 Å². The molecule has 6 nitrogen and oxygen atoms in total. The summed E-state index contributed by atoms with van der Waals surface area (Å²) in [6, 6.07) is 8.71. The Bertz CT molecular complexity index is 1010. The smallest absolute Gasteiger partial charge is 0.252 e. The molecule has 0 amide bonds. The highest BCUT2D eigenvalue weighted by atomic mass is 31.1. The Morgan fingerprint density at radius 1 is 1.28 bits per heavy atom. The van der Waals surface area contributed by atoms with Gasteiger partial charge in [-0.15, -0.1) is 18.5 Å². The van der Waals surface area contributed by atoms with E-state index in [9.17, 15) is 0 Å². The second-order valence-electron chi connectivity index (χ2n) is 8.18. The fourth-order valence-electron chi connectivity index (χ4n) is 4.14. The molecule has 154 valence electrons. The summed E-state index contributed by atoms with van der Waals surface area (Å²) in [5.41, 5.74) is 4.66. The molecule has 0 saturated carbocycles. The predicted octanol–water partition coefficient (Wildman–Crippen LogP) is 3.74. The molecule has 8 heteroatoms. The molecule has 3 atom stereocenters. The summed E-state index contributed by atoms with van der Waals surface area (Å²) in [5.74, 6) is 2.06. The van der Waals surface area contributed by atoms with Gasteiger partial charge < -0.3 is 4.74 Å². The van der Waals surface area contributed by atoms with Gasteiger partial charge in [0.25, 0.3) is 5.78 Å². The molecule has 3 heterocycles. The number of nitrogens with zero attached hydrogens (tertiary/aromatic N) is 5. The van der Waals surface area contributed by atoms with E-state index in [0.29, 0.717) is 11.7 Å². The van der Waals surface area contributed by atoms with Crippen LogP contribution >= 0.6 is 18.5 Å². The van der Waals surface area contributed by atoms with Crippen LogP contribution in [0.1, 0.15) is 48.2 Å². The van der Waals surface area contributed by atoms with Crippen LogP contribution in [0.2, 0.25) is 0 Å². The first-order chi connectivity index (χ1) is 13.8. The fraction of sp³-hybridized carbons (Fsp3) is 0.476. The lowest BCUT2D eigenvalue weighted by Crippen LogP contribution is -2.34. The van der Waals surface area contributed by atoms with Gasteiger partial charge in [0.1, 0.15) is 12.1 Å². The summed E-state index contributed by atoms with van der Waals surface area (Å²) in [5, 5.41) is 4.40. The minimum absolute atomic E-state index is 0.0512. The van der Waals surface area contributed by atoms with E-state index >= 15 is 0 Å². The topological polar surface area (TPSA) is 55.5 Å². The highest BCUT2D eigenvalue weighted by Gasteiger charge is 2.25. The number of hydrogen-bond donors (Lipinski definition) is 0. The van der Waals surface area contributed by atoms with Crippen LogP contribution in [0.15, 0.2) is 30.6 Å². The molecule has 3 aromatic rings. The van der Waals surface area contributed by atoms with E-state index in [1.807, 2.05) is 11.4 Å². The Morgan fingerprint density at radius 2 is 2.10 bits per heavy atom. The van der Waals surface area contributed by atoms with Crippen LogP contribution in [0, 0.1) is 6.92 Å². The van der Waals surface area contributed by atoms with E-state index in [1.165, 1.54) is 16.8 Å². The lowest BCUT2D eigenvalue weighted by atomic mass is 9.93. The number of hydrogen-bond acceptors (Lipinski definition) is 5. The second-order valence-corrected chi connectivity index (χ2v) is 11.2. The van der Waals surface area contributed by atoms with Crippen molar-refractivity contribution >= 4 is 24.3 Å². The van der Waals surface area contributed by atoms with Crippen molar-refractivity contribution in [3.8, 4) is 5.75 Å². The number of fused-ring (bicyclic) bond motifs is 1. The normalized spacial score (nSPS) is 18.3. The highest BCUT2D eigenvalue weighted by Crippen LogP contribution is 2.40. The first kappa shape index (κ1) is 20.7. The number of aromatic nitrogens is 4. The summed E-state index contributed by atoms with van der Waals surface area (Å²) < 4.78 is 7.62. The van der Waals surface area contributed by atoms with Crippen LogP contribution in [-0.2, 0) is 11.4 Å². The zero-order chi connectivity index (χ0) is 20.6. The van der Waals surface area contributed by atoms with E-state index in [4.69, 9.17) is 4.74 Å². The molecule has 0 bridgehead atoms. The zero-order valence-electron chi connectivity index (χ0n) is 17.3. The summed E-state index contributed by atoms with van der Waals surface area (Å²) in [6.07, 6.45) is 3.91. The lowest BCUT2D eigenvalue weighted by molar-refractivity contribution is 0.195. The molecule has 4 rings (SSSR count). The Morgan fingerprint density at radius 3 is 2.86 bits per heavy atom. The van der Waals surface area contributed by atoms with Gasteiger partial charge in [-0.05, 0) is 50.9 Å². The van der Waals surface area contributed by atoms with Crippen molar-refractivity contribution in [1.29, 1.82) is 0 Å². The molecule has 1 aliphatic heterocycles. The molecule has 29 heavy (non-hydrogen) atoms. The highest BCUT2D eigenvalue weighted by molar-refractivity contribution is 7.38. The zero-order valence-corrected chi connectivity index (χ0v) is 19.6. The number of likely N-dealkylation sites (tertiary alicyclic amines) is 1. The maximum absolute atomic E-state index is 5.72. The van der Waals surface area contributed by atoms with E-state index in [2.05, 4.69) is 69.6 Å². The SMILES string of the molecule is COc1cc(C(C)(P)P)ccc1CN1CCCC(c2cc(C)nc3ncnn23)C1. The van der Waals surface area contributed by atoms with Crippen LogP contribution in [0.5, 0.6) is 5.75 Å². The van der Waals surface area contributed by atoms with Gasteiger partial charge in [0.15, 0.2) is 0 Å².